The number of rotatable bonds is 5. The number of carboxylic acids is 1. The number of ether oxygens (including phenoxy) is 1. The molecule has 0 unspecified atom stereocenters. The van der Waals surface area contributed by atoms with Crippen LogP contribution < -0.4 is 10.1 Å². The lowest BCUT2D eigenvalue weighted by atomic mass is 10.1. The van der Waals surface area contributed by atoms with E-state index in [1.165, 1.54) is 31.4 Å². The number of aromatic carboxylic acids is 1. The van der Waals surface area contributed by atoms with Crippen molar-refractivity contribution in [3.63, 3.8) is 0 Å². The molecule has 132 valence electrons. The van der Waals surface area contributed by atoms with Crippen LogP contribution >= 0.6 is 0 Å². The van der Waals surface area contributed by atoms with E-state index in [2.05, 4.69) is 15.5 Å². The number of H-pyrrole nitrogens is 1. The number of aromatic nitrogens is 2. The van der Waals surface area contributed by atoms with E-state index in [9.17, 15) is 19.1 Å². The van der Waals surface area contributed by atoms with Gasteiger partial charge in [0.15, 0.2) is 5.69 Å². The minimum Gasteiger partial charge on any atom is -0.497 e. The number of amides is 1. The molecule has 3 rings (SSSR count). The second-order valence-electron chi connectivity index (χ2n) is 5.32. The van der Waals surface area contributed by atoms with Gasteiger partial charge in [0, 0.05) is 11.1 Å². The van der Waals surface area contributed by atoms with Gasteiger partial charge in [-0.3, -0.25) is 9.89 Å². The summed E-state index contributed by atoms with van der Waals surface area (Å²) in [5.74, 6) is -1.88. The van der Waals surface area contributed by atoms with Gasteiger partial charge in [0.2, 0.25) is 0 Å². The first-order valence-corrected chi connectivity index (χ1v) is 7.52. The van der Waals surface area contributed by atoms with Gasteiger partial charge in [-0.25, -0.2) is 9.18 Å². The zero-order chi connectivity index (χ0) is 18.7. The third-order valence-corrected chi connectivity index (χ3v) is 3.65. The van der Waals surface area contributed by atoms with E-state index in [4.69, 9.17) is 4.74 Å². The molecule has 0 fully saturated rings. The number of carbonyl (C=O) groups is 2. The second-order valence-corrected chi connectivity index (χ2v) is 5.32. The van der Waals surface area contributed by atoms with E-state index in [-0.39, 0.29) is 22.6 Å². The van der Waals surface area contributed by atoms with E-state index < -0.39 is 17.7 Å². The van der Waals surface area contributed by atoms with Gasteiger partial charge in [0.25, 0.3) is 5.91 Å². The van der Waals surface area contributed by atoms with Crippen LogP contribution in [-0.4, -0.2) is 34.3 Å². The Hall–Kier alpha value is -3.68. The number of hydrogen-bond donors (Lipinski definition) is 3. The van der Waals surface area contributed by atoms with Crippen molar-refractivity contribution in [2.24, 2.45) is 0 Å². The van der Waals surface area contributed by atoms with Crippen molar-refractivity contribution in [3.8, 4) is 17.0 Å². The van der Waals surface area contributed by atoms with Gasteiger partial charge in [0.05, 0.1) is 7.11 Å². The fourth-order valence-corrected chi connectivity index (χ4v) is 2.41. The second kappa shape index (κ2) is 7.06. The van der Waals surface area contributed by atoms with Crippen LogP contribution in [0.25, 0.3) is 11.3 Å². The molecular weight excluding hydrogens is 341 g/mol. The summed E-state index contributed by atoms with van der Waals surface area (Å²) < 4.78 is 18.6. The Balaban J connectivity index is 2.01. The zero-order valence-electron chi connectivity index (χ0n) is 13.6. The molecule has 2 aromatic carbocycles. The Morgan fingerprint density at radius 2 is 1.96 bits per heavy atom. The lowest BCUT2D eigenvalue weighted by Crippen LogP contribution is -2.14. The number of methoxy groups -OCH3 is 1. The van der Waals surface area contributed by atoms with Crippen molar-refractivity contribution in [2.45, 2.75) is 0 Å². The molecule has 0 aliphatic heterocycles. The number of benzene rings is 2. The van der Waals surface area contributed by atoms with Gasteiger partial charge in [-0.2, -0.15) is 5.10 Å². The summed E-state index contributed by atoms with van der Waals surface area (Å²) in [5, 5.41) is 18.1. The largest absolute Gasteiger partial charge is 0.497 e. The maximum Gasteiger partial charge on any atom is 0.356 e. The number of halogens is 1. The molecule has 0 aliphatic carbocycles. The Morgan fingerprint density at radius 1 is 1.19 bits per heavy atom. The molecule has 0 bridgehead atoms. The molecular formula is C18H14FN3O4. The number of nitrogens with zero attached hydrogens (tertiary/aromatic N) is 1. The molecule has 0 atom stereocenters. The van der Waals surface area contributed by atoms with Crippen molar-refractivity contribution < 1.29 is 23.8 Å². The number of nitrogens with one attached hydrogen (secondary N) is 2. The predicted molar refractivity (Wildman–Crippen MR) is 91.9 cm³/mol. The van der Waals surface area contributed by atoms with E-state index in [1.54, 1.807) is 24.3 Å². The Bertz CT molecular complexity index is 984. The molecule has 1 heterocycles. The van der Waals surface area contributed by atoms with Gasteiger partial charge in [-0.1, -0.05) is 18.2 Å². The van der Waals surface area contributed by atoms with E-state index >= 15 is 0 Å². The van der Waals surface area contributed by atoms with Crippen LogP contribution in [0.3, 0.4) is 0 Å². The lowest BCUT2D eigenvalue weighted by Gasteiger charge is -2.08. The summed E-state index contributed by atoms with van der Waals surface area (Å²) in [7, 11) is 1.47. The number of hydrogen-bond acceptors (Lipinski definition) is 4. The third-order valence-electron chi connectivity index (χ3n) is 3.65. The van der Waals surface area contributed by atoms with Gasteiger partial charge in [0.1, 0.15) is 22.9 Å². The average Bonchev–Trinajstić information content (AvgIpc) is 3.05. The maximum atomic E-state index is 13.5. The Morgan fingerprint density at radius 3 is 2.65 bits per heavy atom. The fourth-order valence-electron chi connectivity index (χ4n) is 2.41. The summed E-state index contributed by atoms with van der Waals surface area (Å²) in [5.41, 5.74) is 0.372. The topological polar surface area (TPSA) is 104 Å². The highest BCUT2D eigenvalue weighted by atomic mass is 19.1. The van der Waals surface area contributed by atoms with Crippen LogP contribution in [-0.2, 0) is 0 Å². The maximum absolute atomic E-state index is 13.5. The SMILES string of the molecule is COc1cccc(C(=O)Nc2c(-c3cccc(F)c3)n[nH]c2C(=O)O)c1. The first-order chi connectivity index (χ1) is 12.5. The highest BCUT2D eigenvalue weighted by Crippen LogP contribution is 2.30. The van der Waals surface area contributed by atoms with Crippen molar-refractivity contribution in [3.05, 3.63) is 65.6 Å². The molecule has 0 saturated heterocycles. The number of carbonyl (C=O) groups excluding carboxylic acids is 1. The summed E-state index contributed by atoms with van der Waals surface area (Å²) >= 11 is 0. The number of anilines is 1. The standard InChI is InChI=1S/C18H14FN3O4/c1-26-13-7-3-5-11(9-13)17(23)20-15-14(21-22-16(15)18(24)25)10-4-2-6-12(19)8-10/h2-9H,1H3,(H,20,23)(H,21,22)(H,24,25). The van der Waals surface area contributed by atoms with Crippen molar-refractivity contribution >= 4 is 17.6 Å². The van der Waals surface area contributed by atoms with E-state index in [0.717, 1.165) is 0 Å². The smallest absolute Gasteiger partial charge is 0.356 e. The highest BCUT2D eigenvalue weighted by Gasteiger charge is 2.22. The normalized spacial score (nSPS) is 10.4. The zero-order valence-corrected chi connectivity index (χ0v) is 13.6. The molecule has 3 N–H and O–H groups in total. The lowest BCUT2D eigenvalue weighted by molar-refractivity contribution is 0.0691. The Kier molecular flexibility index (Phi) is 4.66. The van der Waals surface area contributed by atoms with Crippen molar-refractivity contribution in [2.75, 3.05) is 12.4 Å². The third kappa shape index (κ3) is 3.39. The van der Waals surface area contributed by atoms with Crippen molar-refractivity contribution in [1.82, 2.24) is 10.2 Å². The van der Waals surface area contributed by atoms with E-state index in [0.29, 0.717) is 11.3 Å². The molecule has 0 radical (unpaired) electrons. The summed E-state index contributed by atoms with van der Waals surface area (Å²) in [4.78, 5) is 24.0. The van der Waals surface area contributed by atoms with Crippen LogP contribution in [0, 0.1) is 5.82 Å². The van der Waals surface area contributed by atoms with Gasteiger partial charge < -0.3 is 15.2 Å². The number of carboxylic acid groups (broad SMARTS) is 1. The highest BCUT2D eigenvalue weighted by molar-refractivity contribution is 6.09. The van der Waals surface area contributed by atoms with Crippen LogP contribution in [0.5, 0.6) is 5.75 Å². The van der Waals surface area contributed by atoms with E-state index in [1.807, 2.05) is 0 Å². The number of aromatic amines is 1. The predicted octanol–water partition coefficient (Wildman–Crippen LogP) is 3.17. The van der Waals surface area contributed by atoms with Crippen LogP contribution in [0.1, 0.15) is 20.8 Å². The molecule has 8 heteroatoms. The molecule has 1 aromatic heterocycles. The molecule has 0 saturated carbocycles. The summed E-state index contributed by atoms with van der Waals surface area (Å²) in [6.45, 7) is 0. The first-order valence-electron chi connectivity index (χ1n) is 7.52. The van der Waals surface area contributed by atoms with Gasteiger partial charge in [-0.15, -0.1) is 0 Å². The molecule has 7 nitrogen and oxygen atoms in total. The molecule has 1 amide bonds. The van der Waals surface area contributed by atoms with Crippen LogP contribution in [0.15, 0.2) is 48.5 Å². The van der Waals surface area contributed by atoms with Crippen LogP contribution in [0.4, 0.5) is 10.1 Å². The quantitative estimate of drug-likeness (QED) is 0.652. The minimum atomic E-state index is -1.30. The van der Waals surface area contributed by atoms with Gasteiger partial charge in [-0.05, 0) is 30.3 Å². The monoisotopic (exact) mass is 355 g/mol. The molecule has 0 spiro atoms. The van der Waals surface area contributed by atoms with Gasteiger partial charge >= 0.3 is 5.97 Å². The molecule has 0 aliphatic rings. The van der Waals surface area contributed by atoms with Crippen molar-refractivity contribution in [1.29, 1.82) is 0 Å². The van der Waals surface area contributed by atoms with Crippen LogP contribution in [0.2, 0.25) is 0 Å². The minimum absolute atomic E-state index is 0.0454. The summed E-state index contributed by atoms with van der Waals surface area (Å²) in [6.07, 6.45) is 0. The molecule has 26 heavy (non-hydrogen) atoms. The first kappa shape index (κ1) is 17.2. The summed E-state index contributed by atoms with van der Waals surface area (Å²) in [6, 6.07) is 11.9. The average molecular weight is 355 g/mol. The molecule has 3 aromatic rings. The fraction of sp³-hybridized carbons (Fsp3) is 0.0556. The Labute approximate surface area is 147 Å².